The first kappa shape index (κ1) is 14.5. The average molecular weight is 273 g/mol. The van der Waals surface area contributed by atoms with Crippen molar-refractivity contribution in [3.05, 3.63) is 65.5 Å². The molecule has 0 radical (unpaired) electrons. The molecule has 106 valence electrons. The third-order valence-electron chi connectivity index (χ3n) is 3.19. The van der Waals surface area contributed by atoms with E-state index in [1.807, 2.05) is 12.1 Å². The molecule has 1 atom stereocenters. The van der Waals surface area contributed by atoms with Crippen LogP contribution in [0.2, 0.25) is 0 Å². The Labute approximate surface area is 119 Å². The van der Waals surface area contributed by atoms with Gasteiger partial charge in [-0.3, -0.25) is 0 Å². The van der Waals surface area contributed by atoms with Crippen molar-refractivity contribution in [1.82, 2.24) is 0 Å². The van der Waals surface area contributed by atoms with Crippen molar-refractivity contribution in [3.8, 4) is 5.75 Å². The summed E-state index contributed by atoms with van der Waals surface area (Å²) in [7, 11) is 0. The molecule has 20 heavy (non-hydrogen) atoms. The van der Waals surface area contributed by atoms with Crippen molar-refractivity contribution in [2.45, 2.75) is 25.8 Å². The van der Waals surface area contributed by atoms with Gasteiger partial charge in [0.2, 0.25) is 0 Å². The first-order valence-electron chi connectivity index (χ1n) is 6.92. The molecular formula is C17H20FNO. The normalized spacial score (nSPS) is 12.2. The molecule has 2 N–H and O–H groups in total. The Morgan fingerprint density at radius 2 is 1.70 bits per heavy atom. The number of nitrogens with two attached hydrogens (primary N) is 1. The average Bonchev–Trinajstić information content (AvgIpc) is 2.47. The van der Waals surface area contributed by atoms with Gasteiger partial charge >= 0.3 is 0 Å². The summed E-state index contributed by atoms with van der Waals surface area (Å²) in [6.45, 7) is 2.54. The van der Waals surface area contributed by atoms with E-state index in [1.165, 1.54) is 17.7 Å². The largest absolute Gasteiger partial charge is 0.492 e. The van der Waals surface area contributed by atoms with Gasteiger partial charge in [0.15, 0.2) is 0 Å². The SMILES string of the molecule is CCCc1ccc(C(N)COc2ccc(F)cc2)cc1. The highest BCUT2D eigenvalue weighted by molar-refractivity contribution is 5.26. The molecule has 0 bridgehead atoms. The van der Waals surface area contributed by atoms with Gasteiger partial charge in [-0.05, 0) is 41.8 Å². The van der Waals surface area contributed by atoms with Gasteiger partial charge in [-0.15, -0.1) is 0 Å². The molecule has 0 aliphatic carbocycles. The van der Waals surface area contributed by atoms with E-state index < -0.39 is 0 Å². The molecule has 2 aromatic rings. The lowest BCUT2D eigenvalue weighted by molar-refractivity contribution is 0.290. The van der Waals surface area contributed by atoms with Crippen molar-refractivity contribution >= 4 is 0 Å². The van der Waals surface area contributed by atoms with Gasteiger partial charge in [0.1, 0.15) is 18.2 Å². The van der Waals surface area contributed by atoms with E-state index in [2.05, 4.69) is 19.1 Å². The van der Waals surface area contributed by atoms with Gasteiger partial charge in [-0.1, -0.05) is 37.6 Å². The van der Waals surface area contributed by atoms with Crippen LogP contribution in [0.3, 0.4) is 0 Å². The van der Waals surface area contributed by atoms with Crippen LogP contribution in [0.4, 0.5) is 4.39 Å². The highest BCUT2D eigenvalue weighted by Gasteiger charge is 2.07. The molecule has 2 aromatic carbocycles. The standard InChI is InChI=1S/C17H20FNO/c1-2-3-13-4-6-14(7-5-13)17(19)12-20-16-10-8-15(18)9-11-16/h4-11,17H,2-3,12,19H2,1H3. The fourth-order valence-corrected chi connectivity index (χ4v) is 2.03. The minimum absolute atomic E-state index is 0.185. The van der Waals surface area contributed by atoms with Gasteiger partial charge in [0, 0.05) is 0 Å². The van der Waals surface area contributed by atoms with Crippen LogP contribution in [-0.2, 0) is 6.42 Å². The lowest BCUT2D eigenvalue weighted by Crippen LogP contribution is -2.19. The quantitative estimate of drug-likeness (QED) is 0.867. The summed E-state index contributed by atoms with van der Waals surface area (Å²) < 4.78 is 18.3. The van der Waals surface area contributed by atoms with Crippen molar-refractivity contribution in [2.24, 2.45) is 5.73 Å². The molecule has 3 heteroatoms. The van der Waals surface area contributed by atoms with E-state index in [1.54, 1.807) is 12.1 Å². The van der Waals surface area contributed by atoms with Crippen molar-refractivity contribution in [2.75, 3.05) is 6.61 Å². The maximum absolute atomic E-state index is 12.8. The number of hydrogen-bond acceptors (Lipinski definition) is 2. The number of halogens is 1. The van der Waals surface area contributed by atoms with Crippen molar-refractivity contribution in [3.63, 3.8) is 0 Å². The Balaban J connectivity index is 1.90. The lowest BCUT2D eigenvalue weighted by Gasteiger charge is -2.14. The van der Waals surface area contributed by atoms with Gasteiger partial charge in [0.05, 0.1) is 6.04 Å². The number of aryl methyl sites for hydroxylation is 1. The summed E-state index contributed by atoms with van der Waals surface area (Å²) in [5.74, 6) is 0.359. The number of ether oxygens (including phenoxy) is 1. The predicted octanol–water partition coefficient (Wildman–Crippen LogP) is 3.86. The molecule has 2 rings (SSSR count). The molecule has 0 saturated heterocycles. The van der Waals surface area contributed by atoms with E-state index >= 15 is 0 Å². The van der Waals surface area contributed by atoms with Gasteiger partial charge in [-0.25, -0.2) is 4.39 Å². The second kappa shape index (κ2) is 7.06. The Hall–Kier alpha value is -1.87. The summed E-state index contributed by atoms with van der Waals surface area (Å²) in [6.07, 6.45) is 2.22. The monoisotopic (exact) mass is 273 g/mol. The van der Waals surface area contributed by atoms with Gasteiger partial charge in [-0.2, -0.15) is 0 Å². The van der Waals surface area contributed by atoms with Crippen LogP contribution >= 0.6 is 0 Å². The summed E-state index contributed by atoms with van der Waals surface area (Å²) in [4.78, 5) is 0. The van der Waals surface area contributed by atoms with Crippen molar-refractivity contribution in [1.29, 1.82) is 0 Å². The number of rotatable bonds is 6. The topological polar surface area (TPSA) is 35.2 Å². The Kier molecular flexibility index (Phi) is 5.13. The number of benzene rings is 2. The van der Waals surface area contributed by atoms with Gasteiger partial charge < -0.3 is 10.5 Å². The molecule has 0 spiro atoms. The molecule has 0 aliphatic rings. The molecule has 0 fully saturated rings. The first-order valence-corrected chi connectivity index (χ1v) is 6.92. The van der Waals surface area contributed by atoms with Crippen LogP contribution in [0.1, 0.15) is 30.5 Å². The highest BCUT2D eigenvalue weighted by Crippen LogP contribution is 2.16. The first-order chi connectivity index (χ1) is 9.69. The molecule has 0 heterocycles. The maximum atomic E-state index is 12.8. The highest BCUT2D eigenvalue weighted by atomic mass is 19.1. The van der Waals surface area contributed by atoms with E-state index in [0.29, 0.717) is 12.4 Å². The van der Waals surface area contributed by atoms with E-state index in [-0.39, 0.29) is 11.9 Å². The summed E-state index contributed by atoms with van der Waals surface area (Å²) >= 11 is 0. The van der Waals surface area contributed by atoms with E-state index in [9.17, 15) is 4.39 Å². The lowest BCUT2D eigenvalue weighted by atomic mass is 10.0. The fraction of sp³-hybridized carbons (Fsp3) is 0.294. The molecule has 0 aromatic heterocycles. The Morgan fingerprint density at radius 1 is 1.05 bits per heavy atom. The second-order valence-corrected chi connectivity index (χ2v) is 4.86. The van der Waals surface area contributed by atoms with E-state index in [4.69, 9.17) is 10.5 Å². The van der Waals surface area contributed by atoms with Crippen LogP contribution in [0, 0.1) is 5.82 Å². The summed E-state index contributed by atoms with van der Waals surface area (Å²) in [5, 5.41) is 0. The second-order valence-electron chi connectivity index (χ2n) is 4.86. The van der Waals surface area contributed by atoms with Crippen LogP contribution in [-0.4, -0.2) is 6.61 Å². The Morgan fingerprint density at radius 3 is 2.30 bits per heavy atom. The van der Waals surface area contributed by atoms with Crippen molar-refractivity contribution < 1.29 is 9.13 Å². The minimum atomic E-state index is -0.270. The van der Waals surface area contributed by atoms with Crippen LogP contribution in [0.5, 0.6) is 5.75 Å². The molecule has 0 saturated carbocycles. The van der Waals surface area contributed by atoms with Crippen LogP contribution in [0.15, 0.2) is 48.5 Å². The minimum Gasteiger partial charge on any atom is -0.492 e. The summed E-state index contributed by atoms with van der Waals surface area (Å²) in [6, 6.07) is 14.1. The van der Waals surface area contributed by atoms with Crippen LogP contribution in [0.25, 0.3) is 0 Å². The fourth-order valence-electron chi connectivity index (χ4n) is 2.03. The zero-order valence-electron chi connectivity index (χ0n) is 11.7. The zero-order valence-corrected chi connectivity index (χ0v) is 11.7. The zero-order chi connectivity index (χ0) is 14.4. The van der Waals surface area contributed by atoms with Gasteiger partial charge in [0.25, 0.3) is 0 Å². The summed E-state index contributed by atoms with van der Waals surface area (Å²) in [5.41, 5.74) is 8.47. The predicted molar refractivity (Wildman–Crippen MR) is 79.3 cm³/mol. The molecule has 0 amide bonds. The third-order valence-corrected chi connectivity index (χ3v) is 3.19. The third kappa shape index (κ3) is 4.07. The molecule has 1 unspecified atom stereocenters. The smallest absolute Gasteiger partial charge is 0.123 e. The molecular weight excluding hydrogens is 253 g/mol. The maximum Gasteiger partial charge on any atom is 0.123 e. The Bertz CT molecular complexity index is 522. The van der Waals surface area contributed by atoms with E-state index in [0.717, 1.165) is 18.4 Å². The molecule has 2 nitrogen and oxygen atoms in total. The molecule has 0 aliphatic heterocycles. The van der Waals surface area contributed by atoms with Crippen LogP contribution < -0.4 is 10.5 Å². The number of hydrogen-bond donors (Lipinski definition) is 1.